The number of anilines is 1. The van der Waals surface area contributed by atoms with Gasteiger partial charge in [0.2, 0.25) is 0 Å². The zero-order chi connectivity index (χ0) is 18.6. The van der Waals surface area contributed by atoms with Crippen LogP contribution in [-0.2, 0) is 17.4 Å². The van der Waals surface area contributed by atoms with Gasteiger partial charge < -0.3 is 10.1 Å². The number of alkyl halides is 3. The van der Waals surface area contributed by atoms with Crippen molar-refractivity contribution in [1.82, 2.24) is 0 Å². The number of carbonyl (C=O) groups excluding carboxylic acids is 1. The molecule has 1 amide bonds. The number of halogens is 4. The van der Waals surface area contributed by atoms with Crippen LogP contribution in [0.2, 0.25) is 5.02 Å². The third-order valence-corrected chi connectivity index (χ3v) is 3.90. The van der Waals surface area contributed by atoms with Gasteiger partial charge in [-0.15, -0.1) is 0 Å². The molecule has 0 radical (unpaired) electrons. The van der Waals surface area contributed by atoms with Crippen LogP contribution in [0.1, 0.15) is 25.0 Å². The van der Waals surface area contributed by atoms with Gasteiger partial charge in [-0.1, -0.05) is 36.7 Å². The van der Waals surface area contributed by atoms with E-state index in [1.807, 2.05) is 19.1 Å². The Morgan fingerprint density at radius 2 is 1.92 bits per heavy atom. The molecule has 0 heterocycles. The fraction of sp³-hybridized carbons (Fsp3) is 0.278. The van der Waals surface area contributed by atoms with Crippen molar-refractivity contribution >= 4 is 23.2 Å². The molecule has 7 heteroatoms. The second-order valence-electron chi connectivity index (χ2n) is 5.40. The van der Waals surface area contributed by atoms with E-state index in [2.05, 4.69) is 5.32 Å². The van der Waals surface area contributed by atoms with Crippen molar-refractivity contribution < 1.29 is 22.7 Å². The van der Waals surface area contributed by atoms with Crippen LogP contribution < -0.4 is 10.1 Å². The molecule has 1 N–H and O–H groups in total. The lowest BCUT2D eigenvalue weighted by Crippen LogP contribution is -2.30. The fourth-order valence-electron chi connectivity index (χ4n) is 2.22. The van der Waals surface area contributed by atoms with Crippen LogP contribution in [0.5, 0.6) is 5.75 Å². The van der Waals surface area contributed by atoms with Crippen LogP contribution in [0.15, 0.2) is 42.5 Å². The van der Waals surface area contributed by atoms with Crippen LogP contribution in [-0.4, -0.2) is 12.0 Å². The molecular weight excluding hydrogens is 355 g/mol. The molecule has 0 aliphatic carbocycles. The standard InChI is InChI=1S/C18H17ClF3NO2/c1-3-12-6-4-5-7-16(12)25-11(2)17(24)23-13-8-9-15(19)14(10-13)18(20,21)22/h4-11H,3H2,1-2H3,(H,23,24)/t11-/m0/s1. The zero-order valence-electron chi connectivity index (χ0n) is 13.7. The number of carbonyl (C=O) groups is 1. The van der Waals surface area contributed by atoms with E-state index in [1.54, 1.807) is 12.1 Å². The number of ether oxygens (including phenoxy) is 1. The summed E-state index contributed by atoms with van der Waals surface area (Å²) in [5.74, 6) is 0.0149. The largest absolute Gasteiger partial charge is 0.481 e. The molecule has 0 saturated heterocycles. The van der Waals surface area contributed by atoms with Crippen LogP contribution in [0.4, 0.5) is 18.9 Å². The third kappa shape index (κ3) is 4.89. The average Bonchev–Trinajstić information content (AvgIpc) is 2.56. The highest BCUT2D eigenvalue weighted by atomic mass is 35.5. The monoisotopic (exact) mass is 371 g/mol. The van der Waals surface area contributed by atoms with E-state index in [0.29, 0.717) is 5.75 Å². The molecule has 134 valence electrons. The lowest BCUT2D eigenvalue weighted by Gasteiger charge is -2.17. The Morgan fingerprint density at radius 3 is 2.56 bits per heavy atom. The summed E-state index contributed by atoms with van der Waals surface area (Å²) in [6.07, 6.45) is -4.74. The molecule has 1 atom stereocenters. The highest BCUT2D eigenvalue weighted by Gasteiger charge is 2.33. The quantitative estimate of drug-likeness (QED) is 0.771. The van der Waals surface area contributed by atoms with Crippen molar-refractivity contribution in [3.63, 3.8) is 0 Å². The minimum absolute atomic E-state index is 0.000881. The van der Waals surface area contributed by atoms with Gasteiger partial charge in [-0.25, -0.2) is 0 Å². The van der Waals surface area contributed by atoms with Crippen LogP contribution >= 0.6 is 11.6 Å². The van der Waals surface area contributed by atoms with E-state index < -0.39 is 28.8 Å². The predicted molar refractivity (Wildman–Crippen MR) is 91.0 cm³/mol. The van der Waals surface area contributed by atoms with E-state index in [4.69, 9.17) is 16.3 Å². The van der Waals surface area contributed by atoms with Crippen molar-refractivity contribution in [2.45, 2.75) is 32.5 Å². The van der Waals surface area contributed by atoms with E-state index in [9.17, 15) is 18.0 Å². The van der Waals surface area contributed by atoms with Gasteiger partial charge in [0.05, 0.1) is 10.6 Å². The maximum atomic E-state index is 12.9. The molecule has 0 spiro atoms. The molecule has 2 rings (SSSR count). The molecule has 0 aromatic heterocycles. The van der Waals surface area contributed by atoms with Gasteiger partial charge in [0.15, 0.2) is 6.10 Å². The molecule has 0 aliphatic rings. The molecule has 0 saturated carbocycles. The maximum Gasteiger partial charge on any atom is 0.417 e. The van der Waals surface area contributed by atoms with Crippen molar-refractivity contribution in [1.29, 1.82) is 0 Å². The van der Waals surface area contributed by atoms with Gasteiger partial charge in [0.1, 0.15) is 5.75 Å². The number of hydrogen-bond acceptors (Lipinski definition) is 2. The minimum atomic E-state index is -4.60. The van der Waals surface area contributed by atoms with E-state index in [0.717, 1.165) is 24.1 Å². The van der Waals surface area contributed by atoms with Crippen LogP contribution in [0.25, 0.3) is 0 Å². The number of benzene rings is 2. The Bertz CT molecular complexity index is 762. The number of nitrogens with one attached hydrogen (secondary N) is 1. The smallest absolute Gasteiger partial charge is 0.417 e. The first-order valence-corrected chi connectivity index (χ1v) is 8.02. The zero-order valence-corrected chi connectivity index (χ0v) is 14.4. The lowest BCUT2D eigenvalue weighted by atomic mass is 10.1. The molecule has 0 aliphatic heterocycles. The second-order valence-corrected chi connectivity index (χ2v) is 5.81. The SMILES string of the molecule is CCc1ccccc1O[C@@H](C)C(=O)Nc1ccc(Cl)c(C(F)(F)F)c1. The van der Waals surface area contributed by atoms with Gasteiger partial charge >= 0.3 is 6.18 Å². The van der Waals surface area contributed by atoms with Gasteiger partial charge in [0.25, 0.3) is 5.91 Å². The lowest BCUT2D eigenvalue weighted by molar-refractivity contribution is -0.137. The summed E-state index contributed by atoms with van der Waals surface area (Å²) < 4.78 is 44.3. The number of para-hydroxylation sites is 1. The first kappa shape index (κ1) is 19.1. The fourth-order valence-corrected chi connectivity index (χ4v) is 2.44. The molecule has 25 heavy (non-hydrogen) atoms. The Hall–Kier alpha value is -2.21. The summed E-state index contributed by atoms with van der Waals surface area (Å²) in [7, 11) is 0. The maximum absolute atomic E-state index is 12.9. The van der Waals surface area contributed by atoms with Crippen molar-refractivity contribution in [2.75, 3.05) is 5.32 Å². The molecule has 2 aromatic carbocycles. The first-order valence-electron chi connectivity index (χ1n) is 7.64. The number of aryl methyl sites for hydroxylation is 1. The summed E-state index contributed by atoms with van der Waals surface area (Å²) >= 11 is 5.56. The molecular formula is C18H17ClF3NO2. The van der Waals surface area contributed by atoms with Gasteiger partial charge in [-0.2, -0.15) is 13.2 Å². The third-order valence-electron chi connectivity index (χ3n) is 3.57. The van der Waals surface area contributed by atoms with Crippen LogP contribution in [0, 0.1) is 0 Å². The summed E-state index contributed by atoms with van der Waals surface area (Å²) in [6.45, 7) is 3.49. The molecule has 0 unspecified atom stereocenters. The summed E-state index contributed by atoms with van der Waals surface area (Å²) in [6, 6.07) is 10.5. The highest BCUT2D eigenvalue weighted by molar-refractivity contribution is 6.31. The summed E-state index contributed by atoms with van der Waals surface area (Å²) in [4.78, 5) is 12.2. The normalized spacial score (nSPS) is 12.6. The van der Waals surface area contributed by atoms with Gasteiger partial charge in [-0.05, 0) is 43.2 Å². The predicted octanol–water partition coefficient (Wildman–Crippen LogP) is 5.33. The Balaban J connectivity index is 2.11. The Kier molecular flexibility index (Phi) is 5.95. The van der Waals surface area contributed by atoms with E-state index in [1.165, 1.54) is 13.0 Å². The van der Waals surface area contributed by atoms with Crippen molar-refractivity contribution in [3.05, 3.63) is 58.6 Å². The number of hydrogen-bond donors (Lipinski definition) is 1. The van der Waals surface area contributed by atoms with Crippen molar-refractivity contribution in [2.24, 2.45) is 0 Å². The summed E-state index contributed by atoms with van der Waals surface area (Å²) in [5.41, 5.74) is -0.0641. The summed E-state index contributed by atoms with van der Waals surface area (Å²) in [5, 5.41) is 1.99. The first-order chi connectivity index (χ1) is 11.7. The minimum Gasteiger partial charge on any atom is -0.481 e. The van der Waals surface area contributed by atoms with E-state index >= 15 is 0 Å². The number of amides is 1. The Morgan fingerprint density at radius 1 is 1.24 bits per heavy atom. The van der Waals surface area contributed by atoms with Crippen molar-refractivity contribution in [3.8, 4) is 5.75 Å². The second kappa shape index (κ2) is 7.78. The Labute approximate surface area is 148 Å². The van der Waals surface area contributed by atoms with E-state index in [-0.39, 0.29) is 5.69 Å². The van der Waals surface area contributed by atoms with Crippen LogP contribution in [0.3, 0.4) is 0 Å². The highest BCUT2D eigenvalue weighted by Crippen LogP contribution is 2.36. The van der Waals surface area contributed by atoms with Gasteiger partial charge in [-0.3, -0.25) is 4.79 Å². The molecule has 0 bridgehead atoms. The van der Waals surface area contributed by atoms with Gasteiger partial charge in [0, 0.05) is 5.69 Å². The number of rotatable bonds is 5. The molecule has 2 aromatic rings. The topological polar surface area (TPSA) is 38.3 Å². The molecule has 3 nitrogen and oxygen atoms in total. The molecule has 0 fully saturated rings. The average molecular weight is 372 g/mol.